The fourth-order valence-corrected chi connectivity index (χ4v) is 2.97. The Morgan fingerprint density at radius 2 is 2.00 bits per heavy atom. The van der Waals surface area contributed by atoms with Crippen molar-refractivity contribution in [2.45, 2.75) is 25.4 Å². The highest BCUT2D eigenvalue weighted by Crippen LogP contribution is 2.16. The van der Waals surface area contributed by atoms with Crippen LogP contribution in [-0.2, 0) is 6.54 Å². The van der Waals surface area contributed by atoms with Gasteiger partial charge in [0, 0.05) is 19.1 Å². The Morgan fingerprint density at radius 1 is 1.16 bits per heavy atom. The Balaban J connectivity index is 1.59. The van der Waals surface area contributed by atoms with E-state index in [-0.39, 0.29) is 0 Å². The molecule has 2 nitrogen and oxygen atoms in total. The lowest BCUT2D eigenvalue weighted by Gasteiger charge is -2.19. The molecule has 1 atom stereocenters. The van der Waals surface area contributed by atoms with Crippen LogP contribution in [0, 0.1) is 0 Å². The van der Waals surface area contributed by atoms with Crippen molar-refractivity contribution in [3.63, 3.8) is 0 Å². The summed E-state index contributed by atoms with van der Waals surface area (Å²) in [6.45, 7) is 3.32. The molecule has 0 bridgehead atoms. The standard InChI is InChI=1S/C17H22N2/c1-19-10-4-7-17(19)13-18-12-14-8-9-15-5-2-3-6-16(15)11-14/h2-3,5-6,8-9,11,17-18H,4,7,10,12-13H2,1H3. The van der Waals surface area contributed by atoms with Crippen LogP contribution < -0.4 is 5.32 Å². The van der Waals surface area contributed by atoms with E-state index >= 15 is 0 Å². The molecule has 2 aromatic rings. The van der Waals surface area contributed by atoms with Gasteiger partial charge in [-0.1, -0.05) is 36.4 Å². The molecule has 1 aliphatic heterocycles. The zero-order valence-electron chi connectivity index (χ0n) is 11.6. The monoisotopic (exact) mass is 254 g/mol. The quantitative estimate of drug-likeness (QED) is 0.902. The Kier molecular flexibility index (Phi) is 3.81. The highest BCUT2D eigenvalue weighted by molar-refractivity contribution is 5.82. The van der Waals surface area contributed by atoms with Crippen LogP contribution >= 0.6 is 0 Å². The molecule has 1 saturated heterocycles. The number of fused-ring (bicyclic) bond motifs is 1. The molecule has 3 rings (SSSR count). The minimum Gasteiger partial charge on any atom is -0.311 e. The number of likely N-dealkylation sites (N-methyl/N-ethyl adjacent to an activating group) is 1. The highest BCUT2D eigenvalue weighted by Gasteiger charge is 2.19. The molecular formula is C17H22N2. The van der Waals surface area contributed by atoms with Crippen LogP contribution in [-0.4, -0.2) is 31.1 Å². The van der Waals surface area contributed by atoms with Crippen LogP contribution in [0.4, 0.5) is 0 Å². The van der Waals surface area contributed by atoms with Crippen LogP contribution in [0.3, 0.4) is 0 Å². The molecule has 1 aliphatic rings. The van der Waals surface area contributed by atoms with Crippen molar-refractivity contribution < 1.29 is 0 Å². The van der Waals surface area contributed by atoms with Gasteiger partial charge in [0.25, 0.3) is 0 Å². The predicted molar refractivity (Wildman–Crippen MR) is 81.3 cm³/mol. The van der Waals surface area contributed by atoms with Crippen LogP contribution in [0.1, 0.15) is 18.4 Å². The van der Waals surface area contributed by atoms with Gasteiger partial charge in [0.2, 0.25) is 0 Å². The van der Waals surface area contributed by atoms with Gasteiger partial charge in [-0.25, -0.2) is 0 Å². The molecule has 1 fully saturated rings. The van der Waals surface area contributed by atoms with Crippen LogP contribution in [0.5, 0.6) is 0 Å². The van der Waals surface area contributed by atoms with Crippen molar-refractivity contribution >= 4 is 10.8 Å². The van der Waals surface area contributed by atoms with Crippen LogP contribution in [0.2, 0.25) is 0 Å². The molecule has 100 valence electrons. The molecule has 0 spiro atoms. The molecule has 0 amide bonds. The van der Waals surface area contributed by atoms with E-state index < -0.39 is 0 Å². The second-order valence-corrected chi connectivity index (χ2v) is 5.59. The number of rotatable bonds is 4. The third-order valence-corrected chi connectivity index (χ3v) is 4.19. The molecule has 1 N–H and O–H groups in total. The van der Waals surface area contributed by atoms with Crippen molar-refractivity contribution in [3.05, 3.63) is 48.0 Å². The fraction of sp³-hybridized carbons (Fsp3) is 0.412. The Morgan fingerprint density at radius 3 is 2.79 bits per heavy atom. The lowest BCUT2D eigenvalue weighted by molar-refractivity contribution is 0.300. The van der Waals surface area contributed by atoms with Crippen molar-refractivity contribution in [2.24, 2.45) is 0 Å². The zero-order valence-corrected chi connectivity index (χ0v) is 11.6. The summed E-state index contributed by atoms with van der Waals surface area (Å²) in [7, 11) is 2.23. The van der Waals surface area contributed by atoms with Crippen LogP contribution in [0.15, 0.2) is 42.5 Å². The summed E-state index contributed by atoms with van der Waals surface area (Å²) in [5.74, 6) is 0. The van der Waals surface area contributed by atoms with Gasteiger partial charge < -0.3 is 10.2 Å². The topological polar surface area (TPSA) is 15.3 Å². The highest BCUT2D eigenvalue weighted by atomic mass is 15.2. The van der Waals surface area contributed by atoms with Gasteiger partial charge in [-0.2, -0.15) is 0 Å². The van der Waals surface area contributed by atoms with E-state index in [9.17, 15) is 0 Å². The third kappa shape index (κ3) is 2.96. The number of hydrogen-bond donors (Lipinski definition) is 1. The predicted octanol–water partition coefficient (Wildman–Crippen LogP) is 3.02. The Labute approximate surface area is 115 Å². The van der Waals surface area contributed by atoms with E-state index in [1.54, 1.807) is 0 Å². The van der Waals surface area contributed by atoms with E-state index in [0.29, 0.717) is 0 Å². The van der Waals surface area contributed by atoms with Crippen molar-refractivity contribution in [3.8, 4) is 0 Å². The number of nitrogens with one attached hydrogen (secondary N) is 1. The lowest BCUT2D eigenvalue weighted by atomic mass is 10.1. The summed E-state index contributed by atoms with van der Waals surface area (Å²) in [6.07, 6.45) is 2.68. The largest absolute Gasteiger partial charge is 0.311 e. The van der Waals surface area contributed by atoms with E-state index in [2.05, 4.69) is 59.7 Å². The van der Waals surface area contributed by atoms with Gasteiger partial charge in [0.15, 0.2) is 0 Å². The second kappa shape index (κ2) is 5.72. The van der Waals surface area contributed by atoms with E-state index in [0.717, 1.165) is 19.1 Å². The third-order valence-electron chi connectivity index (χ3n) is 4.19. The van der Waals surface area contributed by atoms with Gasteiger partial charge in [-0.3, -0.25) is 0 Å². The van der Waals surface area contributed by atoms with E-state index in [1.807, 2.05) is 0 Å². The minimum atomic E-state index is 0.723. The van der Waals surface area contributed by atoms with Gasteiger partial charge in [-0.15, -0.1) is 0 Å². The smallest absolute Gasteiger partial charge is 0.0218 e. The first-order chi connectivity index (χ1) is 9.33. The van der Waals surface area contributed by atoms with E-state index in [1.165, 1.54) is 35.7 Å². The summed E-state index contributed by atoms with van der Waals surface area (Å²) in [4.78, 5) is 2.47. The van der Waals surface area contributed by atoms with Crippen molar-refractivity contribution in [1.29, 1.82) is 0 Å². The van der Waals surface area contributed by atoms with Gasteiger partial charge >= 0.3 is 0 Å². The summed E-state index contributed by atoms with van der Waals surface area (Å²) >= 11 is 0. The molecular weight excluding hydrogens is 232 g/mol. The summed E-state index contributed by atoms with van der Waals surface area (Å²) in [5, 5.41) is 6.25. The normalized spacial score (nSPS) is 20.2. The number of benzene rings is 2. The maximum Gasteiger partial charge on any atom is 0.0218 e. The van der Waals surface area contributed by atoms with E-state index in [4.69, 9.17) is 0 Å². The first-order valence-electron chi connectivity index (χ1n) is 7.21. The van der Waals surface area contributed by atoms with Gasteiger partial charge in [0.1, 0.15) is 0 Å². The second-order valence-electron chi connectivity index (χ2n) is 5.59. The molecule has 0 saturated carbocycles. The number of hydrogen-bond acceptors (Lipinski definition) is 2. The molecule has 0 radical (unpaired) electrons. The SMILES string of the molecule is CN1CCCC1CNCc1ccc2ccccc2c1. The number of nitrogens with zero attached hydrogens (tertiary/aromatic N) is 1. The molecule has 0 aliphatic carbocycles. The molecule has 19 heavy (non-hydrogen) atoms. The zero-order chi connectivity index (χ0) is 13.1. The maximum atomic E-state index is 3.60. The molecule has 2 aromatic carbocycles. The average Bonchev–Trinajstić information content (AvgIpc) is 2.84. The van der Waals surface area contributed by atoms with Gasteiger partial charge in [0.05, 0.1) is 0 Å². The summed E-state index contributed by atoms with van der Waals surface area (Å²) in [6, 6.07) is 16.0. The molecule has 1 heterocycles. The Hall–Kier alpha value is -1.38. The molecule has 2 heteroatoms. The Bertz CT molecular complexity index is 550. The van der Waals surface area contributed by atoms with Crippen molar-refractivity contribution in [1.82, 2.24) is 10.2 Å². The fourth-order valence-electron chi connectivity index (χ4n) is 2.97. The number of likely N-dealkylation sites (tertiary alicyclic amines) is 1. The maximum absolute atomic E-state index is 3.60. The first kappa shape index (κ1) is 12.6. The van der Waals surface area contributed by atoms with Crippen molar-refractivity contribution in [2.75, 3.05) is 20.1 Å². The molecule has 1 unspecified atom stereocenters. The van der Waals surface area contributed by atoms with Crippen LogP contribution in [0.25, 0.3) is 10.8 Å². The summed E-state index contributed by atoms with van der Waals surface area (Å²) < 4.78 is 0. The van der Waals surface area contributed by atoms with Gasteiger partial charge in [-0.05, 0) is 48.8 Å². The molecule has 0 aromatic heterocycles. The summed E-state index contributed by atoms with van der Waals surface area (Å²) in [5.41, 5.74) is 1.37. The first-order valence-corrected chi connectivity index (χ1v) is 7.21. The average molecular weight is 254 g/mol. The lowest BCUT2D eigenvalue weighted by Crippen LogP contribution is -2.35. The minimum absolute atomic E-state index is 0.723.